The van der Waals surface area contributed by atoms with E-state index in [-0.39, 0.29) is 12.1 Å². The summed E-state index contributed by atoms with van der Waals surface area (Å²) in [6.45, 7) is 2.09. The van der Waals surface area contributed by atoms with Gasteiger partial charge in [0.25, 0.3) is 0 Å². The Bertz CT molecular complexity index is 1120. The van der Waals surface area contributed by atoms with E-state index in [1.807, 2.05) is 0 Å². The van der Waals surface area contributed by atoms with Crippen LogP contribution >= 0.6 is 11.6 Å². The lowest BCUT2D eigenvalue weighted by Crippen LogP contribution is -2.48. The van der Waals surface area contributed by atoms with E-state index in [4.69, 9.17) is 11.6 Å². The van der Waals surface area contributed by atoms with Crippen molar-refractivity contribution in [3.63, 3.8) is 0 Å². The first-order chi connectivity index (χ1) is 15.9. The molecule has 2 unspecified atom stereocenters. The van der Waals surface area contributed by atoms with Gasteiger partial charge in [-0.1, -0.05) is 30.5 Å². The van der Waals surface area contributed by atoms with Crippen molar-refractivity contribution >= 4 is 39.1 Å². The zero-order valence-corrected chi connectivity index (χ0v) is 20.3. The Morgan fingerprint density at radius 1 is 1.03 bits per heavy atom. The number of aromatic nitrogens is 2. The second kappa shape index (κ2) is 9.37. The average Bonchev–Trinajstić information content (AvgIpc) is 3.11. The van der Waals surface area contributed by atoms with Crippen molar-refractivity contribution in [3.8, 4) is 0 Å². The van der Waals surface area contributed by atoms with Gasteiger partial charge in [-0.25, -0.2) is 18.1 Å². The minimum absolute atomic E-state index is 0.0794. The molecule has 4 aliphatic rings. The normalized spacial score (nSPS) is 27.0. The molecule has 1 aromatic heterocycles. The molecule has 4 N–H and O–H groups in total. The quantitative estimate of drug-likeness (QED) is 0.488. The number of sulfonamides is 1. The van der Waals surface area contributed by atoms with E-state index in [2.05, 4.69) is 48.8 Å². The summed E-state index contributed by atoms with van der Waals surface area (Å²) in [7, 11) is -3.29. The molecule has 0 spiro atoms. The molecule has 1 saturated carbocycles. The molecular formula is C23H31ClN6O2S. The smallest absolute Gasteiger partial charge is 0.229 e. The minimum atomic E-state index is -3.29. The monoisotopic (exact) mass is 490 g/mol. The fourth-order valence-corrected chi connectivity index (χ4v) is 6.48. The molecule has 2 aliphatic heterocycles. The summed E-state index contributed by atoms with van der Waals surface area (Å²) in [4.78, 5) is 8.98. The first-order valence-corrected chi connectivity index (χ1v) is 14.0. The predicted octanol–water partition coefficient (Wildman–Crippen LogP) is 3.71. The van der Waals surface area contributed by atoms with Crippen LogP contribution in [0.15, 0.2) is 24.4 Å². The topological polar surface area (TPSA) is 108 Å². The lowest BCUT2D eigenvalue weighted by Gasteiger charge is -2.32. The van der Waals surface area contributed by atoms with Crippen molar-refractivity contribution in [3.05, 3.63) is 40.5 Å². The van der Waals surface area contributed by atoms with Crippen LogP contribution in [0.4, 0.5) is 17.5 Å². The fourth-order valence-electron chi connectivity index (χ4n) is 5.50. The molecule has 10 heteroatoms. The number of anilines is 3. The van der Waals surface area contributed by atoms with Crippen molar-refractivity contribution in [2.45, 2.75) is 62.4 Å². The molecule has 2 aliphatic carbocycles. The highest BCUT2D eigenvalue weighted by Gasteiger charge is 2.31. The van der Waals surface area contributed by atoms with Gasteiger partial charge in [-0.15, -0.1) is 0 Å². The van der Waals surface area contributed by atoms with Gasteiger partial charge in [-0.3, -0.25) is 0 Å². The average molecular weight is 491 g/mol. The number of fused-ring (bicyclic) bond motifs is 3. The van der Waals surface area contributed by atoms with Gasteiger partial charge in [-0.05, 0) is 60.8 Å². The number of nitrogens with zero attached hydrogens (tertiary/aromatic N) is 2. The Morgan fingerprint density at radius 2 is 1.76 bits per heavy atom. The van der Waals surface area contributed by atoms with Crippen molar-refractivity contribution in [2.24, 2.45) is 0 Å². The van der Waals surface area contributed by atoms with Crippen LogP contribution in [-0.2, 0) is 10.0 Å². The lowest BCUT2D eigenvalue weighted by atomic mass is 9.78. The van der Waals surface area contributed by atoms with Gasteiger partial charge in [0.1, 0.15) is 5.02 Å². The highest BCUT2D eigenvalue weighted by molar-refractivity contribution is 7.88. The summed E-state index contributed by atoms with van der Waals surface area (Å²) < 4.78 is 26.3. The molecule has 1 aromatic carbocycles. The van der Waals surface area contributed by atoms with Crippen LogP contribution in [0.3, 0.4) is 0 Å². The number of rotatable bonds is 6. The molecule has 2 aromatic rings. The lowest BCUT2D eigenvalue weighted by molar-refractivity contribution is 0.379. The third kappa shape index (κ3) is 5.26. The number of benzene rings is 1. The van der Waals surface area contributed by atoms with Gasteiger partial charge in [0.2, 0.25) is 16.0 Å². The van der Waals surface area contributed by atoms with Gasteiger partial charge >= 0.3 is 0 Å². The van der Waals surface area contributed by atoms with Crippen LogP contribution in [0, 0.1) is 0 Å². The highest BCUT2D eigenvalue weighted by atomic mass is 35.5. The SMILES string of the molecule is CS(=O)(=O)N[C@@H]1CCCC[C@H]1Nc1nc(Nc2ccc3c(c2)C2CCC3CNC2)ncc1Cl. The summed E-state index contributed by atoms with van der Waals surface area (Å²) in [5, 5.41) is 10.7. The van der Waals surface area contributed by atoms with Crippen LogP contribution in [0.25, 0.3) is 0 Å². The molecule has 178 valence electrons. The van der Waals surface area contributed by atoms with E-state index in [1.165, 1.54) is 30.2 Å². The molecular weight excluding hydrogens is 460 g/mol. The first-order valence-electron chi connectivity index (χ1n) is 11.7. The number of hydrogen-bond acceptors (Lipinski definition) is 7. The number of nitrogens with one attached hydrogen (secondary N) is 4. The van der Waals surface area contributed by atoms with Crippen molar-refractivity contribution < 1.29 is 8.42 Å². The molecule has 3 heterocycles. The summed E-state index contributed by atoms with van der Waals surface area (Å²) >= 11 is 6.39. The molecule has 0 amide bonds. The van der Waals surface area contributed by atoms with Crippen molar-refractivity contribution in [1.29, 1.82) is 0 Å². The van der Waals surface area contributed by atoms with Gasteiger partial charge < -0.3 is 16.0 Å². The van der Waals surface area contributed by atoms with E-state index in [1.54, 1.807) is 6.20 Å². The third-order valence-electron chi connectivity index (χ3n) is 7.07. The maximum atomic E-state index is 11.8. The molecule has 2 fully saturated rings. The maximum Gasteiger partial charge on any atom is 0.229 e. The van der Waals surface area contributed by atoms with E-state index in [0.717, 1.165) is 44.5 Å². The van der Waals surface area contributed by atoms with Crippen LogP contribution < -0.4 is 20.7 Å². The zero-order valence-electron chi connectivity index (χ0n) is 18.8. The van der Waals surface area contributed by atoms with E-state index >= 15 is 0 Å². The van der Waals surface area contributed by atoms with Crippen LogP contribution in [0.2, 0.25) is 5.02 Å². The van der Waals surface area contributed by atoms with Crippen LogP contribution in [-0.4, -0.2) is 49.8 Å². The van der Waals surface area contributed by atoms with Gasteiger partial charge in [-0.2, -0.15) is 4.98 Å². The standard InChI is InChI=1S/C23H31ClN6O2S/c1-33(31,32)30-21-5-3-2-4-20(21)28-22-19(24)13-26-23(29-22)27-16-8-9-17-14-6-7-15(12-25-11-14)18(17)10-16/h8-10,13-15,20-21,25,30H,2-7,11-12H2,1H3,(H2,26,27,28,29)/t14?,15?,20-,21-/m1/s1. The zero-order chi connectivity index (χ0) is 23.0. The largest absolute Gasteiger partial charge is 0.364 e. The molecule has 1 saturated heterocycles. The van der Waals surface area contributed by atoms with Gasteiger partial charge in [0.15, 0.2) is 5.82 Å². The molecule has 2 bridgehead atoms. The van der Waals surface area contributed by atoms with Crippen molar-refractivity contribution in [1.82, 2.24) is 20.0 Å². The molecule has 8 nitrogen and oxygen atoms in total. The van der Waals surface area contributed by atoms with Crippen LogP contribution in [0.1, 0.15) is 61.5 Å². The van der Waals surface area contributed by atoms with Gasteiger partial charge in [0.05, 0.1) is 12.5 Å². The third-order valence-corrected chi connectivity index (χ3v) is 8.07. The summed E-state index contributed by atoms with van der Waals surface area (Å²) in [5.41, 5.74) is 3.84. The molecule has 0 radical (unpaired) electrons. The van der Waals surface area contributed by atoms with E-state index in [0.29, 0.717) is 28.6 Å². The molecule has 33 heavy (non-hydrogen) atoms. The number of halogens is 1. The molecule has 4 atom stereocenters. The Morgan fingerprint density at radius 3 is 2.52 bits per heavy atom. The second-order valence-corrected chi connectivity index (χ2v) is 11.7. The second-order valence-electron chi connectivity index (χ2n) is 9.52. The van der Waals surface area contributed by atoms with Crippen molar-refractivity contribution in [2.75, 3.05) is 30.0 Å². The van der Waals surface area contributed by atoms with Crippen LogP contribution in [0.5, 0.6) is 0 Å². The summed E-state index contributed by atoms with van der Waals surface area (Å²) in [6.07, 6.45) is 8.90. The van der Waals surface area contributed by atoms with Gasteiger partial charge in [0, 0.05) is 30.9 Å². The summed E-state index contributed by atoms with van der Waals surface area (Å²) in [5.74, 6) is 2.12. The Kier molecular flexibility index (Phi) is 6.48. The Labute approximate surface area is 200 Å². The van der Waals surface area contributed by atoms with E-state index < -0.39 is 10.0 Å². The first kappa shape index (κ1) is 22.8. The predicted molar refractivity (Wildman–Crippen MR) is 132 cm³/mol. The van der Waals surface area contributed by atoms with E-state index in [9.17, 15) is 8.42 Å². The maximum absolute atomic E-state index is 11.8. The fraction of sp³-hybridized carbons (Fsp3) is 0.565. The Hall–Kier alpha value is -1.94. The number of hydrogen-bond donors (Lipinski definition) is 4. The highest BCUT2D eigenvalue weighted by Crippen LogP contribution is 2.41. The summed E-state index contributed by atoms with van der Waals surface area (Å²) in [6, 6.07) is 6.30. The molecule has 6 rings (SSSR count). The minimum Gasteiger partial charge on any atom is -0.364 e. The Balaban J connectivity index is 1.34.